The summed E-state index contributed by atoms with van der Waals surface area (Å²) in [4.78, 5) is 29.3. The molecule has 0 spiro atoms. The Morgan fingerprint density at radius 3 is 2.64 bits per heavy atom. The van der Waals surface area contributed by atoms with Crippen LogP contribution in [0.1, 0.15) is 48.7 Å². The lowest BCUT2D eigenvalue weighted by Gasteiger charge is -2.36. The largest absolute Gasteiger partial charge is 0.348 e. The highest BCUT2D eigenvalue weighted by molar-refractivity contribution is 5.79. The first-order chi connectivity index (χ1) is 12.3. The molecule has 1 amide bonds. The van der Waals surface area contributed by atoms with Crippen molar-refractivity contribution in [3.8, 4) is 0 Å². The Balaban J connectivity index is 1.58. The average molecular weight is 339 g/mol. The van der Waals surface area contributed by atoms with Gasteiger partial charge in [0.1, 0.15) is 6.04 Å². The molecule has 4 heterocycles. The number of imidazole rings is 1. The highest BCUT2D eigenvalue weighted by atomic mass is 16.2. The maximum atomic E-state index is 13.1. The van der Waals surface area contributed by atoms with Crippen LogP contribution in [0.2, 0.25) is 0 Å². The van der Waals surface area contributed by atoms with Crippen molar-refractivity contribution in [3.05, 3.63) is 47.8 Å². The van der Waals surface area contributed by atoms with Gasteiger partial charge in [-0.2, -0.15) is 0 Å². The smallest absolute Gasteiger partial charge is 0.237 e. The van der Waals surface area contributed by atoms with E-state index in [1.165, 1.54) is 25.7 Å². The van der Waals surface area contributed by atoms with Gasteiger partial charge in [-0.1, -0.05) is 12.8 Å². The minimum atomic E-state index is -0.113. The van der Waals surface area contributed by atoms with Gasteiger partial charge in [0.2, 0.25) is 5.91 Å². The SMILES string of the molecule is O=C(CN1CCCCCC1)N1CCc2[nH]cnc2C1c1ccncc1. The van der Waals surface area contributed by atoms with Gasteiger partial charge >= 0.3 is 0 Å². The van der Waals surface area contributed by atoms with Crippen LogP contribution in [0.4, 0.5) is 0 Å². The first-order valence-corrected chi connectivity index (χ1v) is 9.27. The lowest BCUT2D eigenvalue weighted by Crippen LogP contribution is -2.46. The molecule has 6 nitrogen and oxygen atoms in total. The summed E-state index contributed by atoms with van der Waals surface area (Å²) in [6, 6.07) is 3.86. The molecule has 0 saturated carbocycles. The molecule has 132 valence electrons. The van der Waals surface area contributed by atoms with Gasteiger partial charge in [0.05, 0.1) is 18.6 Å². The number of nitrogens with one attached hydrogen (secondary N) is 1. The number of H-pyrrole nitrogens is 1. The first kappa shape index (κ1) is 16.3. The summed E-state index contributed by atoms with van der Waals surface area (Å²) in [5.41, 5.74) is 3.19. The summed E-state index contributed by atoms with van der Waals surface area (Å²) in [7, 11) is 0. The summed E-state index contributed by atoms with van der Waals surface area (Å²) in [5, 5.41) is 0. The maximum Gasteiger partial charge on any atom is 0.237 e. The number of fused-ring (bicyclic) bond motifs is 1. The summed E-state index contributed by atoms with van der Waals surface area (Å²) in [6.07, 6.45) is 11.1. The molecule has 2 aromatic rings. The van der Waals surface area contributed by atoms with Gasteiger partial charge in [-0.05, 0) is 43.6 Å². The molecule has 0 aromatic carbocycles. The van der Waals surface area contributed by atoms with Crippen LogP contribution in [0.15, 0.2) is 30.9 Å². The van der Waals surface area contributed by atoms with Crippen molar-refractivity contribution in [1.29, 1.82) is 0 Å². The molecular weight excluding hydrogens is 314 g/mol. The minimum Gasteiger partial charge on any atom is -0.348 e. The van der Waals surface area contributed by atoms with E-state index in [1.54, 1.807) is 18.7 Å². The molecule has 1 atom stereocenters. The van der Waals surface area contributed by atoms with E-state index >= 15 is 0 Å². The van der Waals surface area contributed by atoms with Gasteiger partial charge < -0.3 is 9.88 Å². The Hall–Kier alpha value is -2.21. The fraction of sp³-hybridized carbons (Fsp3) is 0.526. The predicted octanol–water partition coefficient (Wildman–Crippen LogP) is 2.15. The topological polar surface area (TPSA) is 65.1 Å². The van der Waals surface area contributed by atoms with Crippen molar-refractivity contribution in [2.75, 3.05) is 26.2 Å². The Morgan fingerprint density at radius 1 is 1.12 bits per heavy atom. The van der Waals surface area contributed by atoms with Crippen LogP contribution in [0.5, 0.6) is 0 Å². The van der Waals surface area contributed by atoms with Crippen LogP contribution in [0.25, 0.3) is 0 Å². The van der Waals surface area contributed by atoms with Crippen molar-refractivity contribution in [3.63, 3.8) is 0 Å². The highest BCUT2D eigenvalue weighted by Crippen LogP contribution is 2.33. The molecule has 2 aromatic heterocycles. The van der Waals surface area contributed by atoms with Crippen molar-refractivity contribution < 1.29 is 4.79 Å². The molecule has 25 heavy (non-hydrogen) atoms. The lowest BCUT2D eigenvalue weighted by atomic mass is 9.96. The number of aromatic amines is 1. The van der Waals surface area contributed by atoms with Gasteiger partial charge in [-0.3, -0.25) is 14.7 Å². The van der Waals surface area contributed by atoms with Gasteiger partial charge in [0, 0.05) is 31.1 Å². The van der Waals surface area contributed by atoms with Crippen molar-refractivity contribution >= 4 is 5.91 Å². The molecule has 1 unspecified atom stereocenters. The maximum absolute atomic E-state index is 13.1. The standard InChI is InChI=1S/C19H25N5O/c25-17(13-23-10-3-1-2-4-11-23)24-12-7-16-18(22-14-21-16)19(24)15-5-8-20-9-6-15/h5-6,8-9,14,19H,1-4,7,10-13H2,(H,21,22). The van der Waals surface area contributed by atoms with Crippen molar-refractivity contribution in [2.45, 2.75) is 38.1 Å². The first-order valence-electron chi connectivity index (χ1n) is 9.27. The van der Waals surface area contributed by atoms with Crippen LogP contribution in [-0.2, 0) is 11.2 Å². The fourth-order valence-corrected chi connectivity index (χ4v) is 4.01. The fourth-order valence-electron chi connectivity index (χ4n) is 4.01. The van der Waals surface area contributed by atoms with E-state index in [0.29, 0.717) is 6.54 Å². The highest BCUT2D eigenvalue weighted by Gasteiger charge is 2.34. The number of amides is 1. The third-order valence-electron chi connectivity index (χ3n) is 5.32. The Morgan fingerprint density at radius 2 is 1.88 bits per heavy atom. The molecule has 2 aliphatic heterocycles. The second-order valence-electron chi connectivity index (χ2n) is 6.98. The number of hydrogen-bond acceptors (Lipinski definition) is 4. The number of carbonyl (C=O) groups excluding carboxylic acids is 1. The van der Waals surface area contributed by atoms with E-state index in [-0.39, 0.29) is 11.9 Å². The number of aromatic nitrogens is 3. The van der Waals surface area contributed by atoms with E-state index in [1.807, 2.05) is 17.0 Å². The second kappa shape index (κ2) is 7.35. The minimum absolute atomic E-state index is 0.113. The van der Waals surface area contributed by atoms with Gasteiger partial charge in [0.25, 0.3) is 0 Å². The Bertz CT molecular complexity index is 706. The number of pyridine rings is 1. The zero-order chi connectivity index (χ0) is 17.1. The molecule has 4 rings (SSSR count). The molecule has 2 aliphatic rings. The second-order valence-corrected chi connectivity index (χ2v) is 6.98. The van der Waals surface area contributed by atoms with E-state index < -0.39 is 0 Å². The molecular formula is C19H25N5O. The number of nitrogens with zero attached hydrogens (tertiary/aromatic N) is 4. The zero-order valence-electron chi connectivity index (χ0n) is 14.5. The molecule has 0 bridgehead atoms. The van der Waals surface area contributed by atoms with Gasteiger partial charge in [0.15, 0.2) is 0 Å². The average Bonchev–Trinajstić information content (AvgIpc) is 2.98. The lowest BCUT2D eigenvalue weighted by molar-refractivity contribution is -0.134. The van der Waals surface area contributed by atoms with Gasteiger partial charge in [-0.15, -0.1) is 0 Å². The monoisotopic (exact) mass is 339 g/mol. The van der Waals surface area contributed by atoms with Crippen LogP contribution in [0, 0.1) is 0 Å². The zero-order valence-corrected chi connectivity index (χ0v) is 14.5. The van der Waals surface area contributed by atoms with Crippen molar-refractivity contribution in [1.82, 2.24) is 24.8 Å². The molecule has 1 fully saturated rings. The normalized spacial score (nSPS) is 21.6. The van der Waals surface area contributed by atoms with E-state index in [4.69, 9.17) is 0 Å². The predicted molar refractivity (Wildman–Crippen MR) is 95.0 cm³/mol. The number of carbonyl (C=O) groups is 1. The summed E-state index contributed by atoms with van der Waals surface area (Å²) < 4.78 is 0. The summed E-state index contributed by atoms with van der Waals surface area (Å²) >= 11 is 0. The van der Waals surface area contributed by atoms with E-state index in [0.717, 1.165) is 43.0 Å². The van der Waals surface area contributed by atoms with E-state index in [2.05, 4.69) is 19.9 Å². The molecule has 1 saturated heterocycles. The third kappa shape index (κ3) is 3.44. The van der Waals surface area contributed by atoms with Crippen LogP contribution >= 0.6 is 0 Å². The van der Waals surface area contributed by atoms with Gasteiger partial charge in [-0.25, -0.2) is 4.98 Å². The third-order valence-corrected chi connectivity index (χ3v) is 5.32. The quantitative estimate of drug-likeness (QED) is 0.931. The Kier molecular flexibility index (Phi) is 4.78. The van der Waals surface area contributed by atoms with Crippen LogP contribution in [-0.4, -0.2) is 56.8 Å². The summed E-state index contributed by atoms with van der Waals surface area (Å²) in [5.74, 6) is 0.206. The van der Waals surface area contributed by atoms with Crippen molar-refractivity contribution in [2.24, 2.45) is 0 Å². The molecule has 1 N–H and O–H groups in total. The Labute approximate surface area is 148 Å². The number of rotatable bonds is 3. The number of hydrogen-bond donors (Lipinski definition) is 1. The molecule has 0 aliphatic carbocycles. The summed E-state index contributed by atoms with van der Waals surface area (Å²) in [6.45, 7) is 3.32. The molecule has 6 heteroatoms. The van der Waals surface area contributed by atoms with Crippen LogP contribution in [0.3, 0.4) is 0 Å². The van der Waals surface area contributed by atoms with Crippen LogP contribution < -0.4 is 0 Å². The van der Waals surface area contributed by atoms with E-state index in [9.17, 15) is 4.79 Å². The molecule has 0 radical (unpaired) electrons. The number of likely N-dealkylation sites (tertiary alicyclic amines) is 1.